The third kappa shape index (κ3) is 7.33. The van der Waals surface area contributed by atoms with Crippen LogP contribution in [0.5, 0.6) is 5.75 Å². The molecule has 38 heavy (non-hydrogen) atoms. The molecule has 0 heterocycles. The average molecular weight is 527 g/mol. The highest BCUT2D eigenvalue weighted by Crippen LogP contribution is 2.30. The first-order chi connectivity index (χ1) is 18.2. The quantitative estimate of drug-likeness (QED) is 0.140. The second-order valence-corrected chi connectivity index (χ2v) is 9.65. The highest BCUT2D eigenvalue weighted by molar-refractivity contribution is 5.88. The summed E-state index contributed by atoms with van der Waals surface area (Å²) in [5.74, 6) is -0.455. The van der Waals surface area contributed by atoms with E-state index in [0.29, 0.717) is 40.3 Å². The Labute approximate surface area is 220 Å². The first kappa shape index (κ1) is 27.6. The van der Waals surface area contributed by atoms with Crippen LogP contribution in [0.4, 0.5) is 22.0 Å². The van der Waals surface area contributed by atoms with Crippen LogP contribution >= 0.6 is 0 Å². The lowest BCUT2D eigenvalue weighted by atomic mass is 9.96. The fourth-order valence-electron chi connectivity index (χ4n) is 4.60. The first-order valence-corrected chi connectivity index (χ1v) is 13.0. The van der Waals surface area contributed by atoms with Crippen LogP contribution < -0.4 is 4.74 Å². The predicted molar refractivity (Wildman–Crippen MR) is 143 cm³/mol. The van der Waals surface area contributed by atoms with Crippen LogP contribution in [0.3, 0.4) is 0 Å². The molecule has 0 saturated heterocycles. The van der Waals surface area contributed by atoms with Gasteiger partial charge in [-0.1, -0.05) is 74.7 Å². The van der Waals surface area contributed by atoms with Crippen LogP contribution in [0.2, 0.25) is 0 Å². The molecule has 200 valence electrons. The molecule has 0 amide bonds. The Morgan fingerprint density at radius 3 is 2.18 bits per heavy atom. The van der Waals surface area contributed by atoms with E-state index in [0.717, 1.165) is 36.8 Å². The lowest BCUT2D eigenvalue weighted by Gasteiger charge is -2.11. The molecular formula is C32H31F5O. The lowest BCUT2D eigenvalue weighted by molar-refractivity contribution is -0.153. The molecular weight excluding hydrogens is 495 g/mol. The Morgan fingerprint density at radius 1 is 0.711 bits per heavy atom. The monoisotopic (exact) mass is 526 g/mol. The van der Waals surface area contributed by atoms with Crippen LogP contribution in [0, 0.1) is 11.6 Å². The van der Waals surface area contributed by atoms with Gasteiger partial charge in [0.2, 0.25) is 0 Å². The van der Waals surface area contributed by atoms with Crippen LogP contribution in [-0.4, -0.2) is 12.8 Å². The summed E-state index contributed by atoms with van der Waals surface area (Å²) in [7, 11) is 0. The fraction of sp³-hybridized carbons (Fsp3) is 0.312. The lowest BCUT2D eigenvalue weighted by Crippen LogP contribution is -2.19. The standard InChI is InChI=1S/C32H31F5O/c1-2-3-4-5-6-23-10-17-28(30(33)19-23)25-14-18-29-26(20-25)13-12-24(31(29)34)11-7-22-8-15-27(16-9-22)38-21-32(35,36)37/h8-10,12-20H,2-7,11,21H2,1H3. The number of unbranched alkanes of at least 4 members (excludes halogenated alkanes) is 3. The molecule has 0 saturated carbocycles. The molecule has 0 fully saturated rings. The SMILES string of the molecule is CCCCCCc1ccc(-c2ccc3c(F)c(CCc4ccc(OCC(F)(F)F)cc4)ccc3c2)c(F)c1. The van der Waals surface area contributed by atoms with Crippen molar-refractivity contribution < 1.29 is 26.7 Å². The molecule has 0 aliphatic rings. The van der Waals surface area contributed by atoms with Gasteiger partial charge in [-0.25, -0.2) is 8.78 Å². The zero-order valence-corrected chi connectivity index (χ0v) is 21.4. The molecule has 0 bridgehead atoms. The number of halogens is 5. The van der Waals surface area contributed by atoms with Crippen molar-refractivity contribution in [3.8, 4) is 16.9 Å². The van der Waals surface area contributed by atoms with Gasteiger partial charge in [0.25, 0.3) is 0 Å². The van der Waals surface area contributed by atoms with Crippen LogP contribution in [-0.2, 0) is 19.3 Å². The van der Waals surface area contributed by atoms with Gasteiger partial charge in [0, 0.05) is 10.9 Å². The molecule has 1 nitrogen and oxygen atoms in total. The molecule has 6 heteroatoms. The molecule has 0 atom stereocenters. The minimum atomic E-state index is -4.39. The van der Waals surface area contributed by atoms with Crippen molar-refractivity contribution >= 4 is 10.8 Å². The Hall–Kier alpha value is -3.41. The Kier molecular flexibility index (Phi) is 9.03. The Balaban J connectivity index is 1.43. The minimum absolute atomic E-state index is 0.136. The second kappa shape index (κ2) is 12.4. The fourth-order valence-corrected chi connectivity index (χ4v) is 4.60. The summed E-state index contributed by atoms with van der Waals surface area (Å²) >= 11 is 0. The highest BCUT2D eigenvalue weighted by atomic mass is 19.4. The maximum absolute atomic E-state index is 15.3. The maximum Gasteiger partial charge on any atom is 0.422 e. The summed E-state index contributed by atoms with van der Waals surface area (Å²) in [4.78, 5) is 0. The molecule has 0 N–H and O–H groups in total. The van der Waals surface area contributed by atoms with Crippen molar-refractivity contribution in [2.45, 2.75) is 58.0 Å². The van der Waals surface area contributed by atoms with Gasteiger partial charge in [-0.2, -0.15) is 13.2 Å². The average Bonchev–Trinajstić information content (AvgIpc) is 2.90. The molecule has 0 radical (unpaired) electrons. The number of rotatable bonds is 11. The number of ether oxygens (including phenoxy) is 1. The topological polar surface area (TPSA) is 9.23 Å². The molecule has 0 aliphatic carbocycles. The van der Waals surface area contributed by atoms with Crippen molar-refractivity contribution in [1.82, 2.24) is 0 Å². The van der Waals surface area contributed by atoms with E-state index in [2.05, 4.69) is 6.92 Å². The summed E-state index contributed by atoms with van der Waals surface area (Å²) in [5.41, 5.74) is 3.59. The molecule has 0 aromatic heterocycles. The minimum Gasteiger partial charge on any atom is -0.484 e. The molecule has 4 rings (SSSR count). The van der Waals surface area contributed by atoms with E-state index >= 15 is 4.39 Å². The van der Waals surface area contributed by atoms with Crippen molar-refractivity contribution in [2.24, 2.45) is 0 Å². The van der Waals surface area contributed by atoms with Crippen LogP contribution in [0.1, 0.15) is 49.3 Å². The number of alkyl halides is 3. The summed E-state index contributed by atoms with van der Waals surface area (Å²) in [6.45, 7) is 0.823. The summed E-state index contributed by atoms with van der Waals surface area (Å²) in [5, 5.41) is 1.16. The van der Waals surface area contributed by atoms with E-state index in [-0.39, 0.29) is 17.4 Å². The van der Waals surface area contributed by atoms with E-state index in [1.807, 2.05) is 12.1 Å². The van der Waals surface area contributed by atoms with E-state index in [1.165, 1.54) is 18.6 Å². The van der Waals surface area contributed by atoms with Crippen molar-refractivity contribution in [3.05, 3.63) is 101 Å². The van der Waals surface area contributed by atoms with Crippen molar-refractivity contribution in [1.29, 1.82) is 0 Å². The molecule has 4 aromatic rings. The normalized spacial score (nSPS) is 11.7. The van der Waals surface area contributed by atoms with Gasteiger partial charge in [-0.15, -0.1) is 0 Å². The molecule has 0 aliphatic heterocycles. The van der Waals surface area contributed by atoms with Gasteiger partial charge in [0.15, 0.2) is 6.61 Å². The second-order valence-electron chi connectivity index (χ2n) is 9.65. The summed E-state index contributed by atoms with van der Waals surface area (Å²) in [6, 6.07) is 20.5. The third-order valence-corrected chi connectivity index (χ3v) is 6.71. The highest BCUT2D eigenvalue weighted by Gasteiger charge is 2.28. The van der Waals surface area contributed by atoms with Gasteiger partial charge >= 0.3 is 6.18 Å². The van der Waals surface area contributed by atoms with E-state index in [1.54, 1.807) is 48.5 Å². The number of benzene rings is 4. The zero-order valence-electron chi connectivity index (χ0n) is 21.4. The van der Waals surface area contributed by atoms with Gasteiger partial charge in [0.1, 0.15) is 17.4 Å². The number of hydrogen-bond donors (Lipinski definition) is 0. The number of hydrogen-bond acceptors (Lipinski definition) is 1. The van der Waals surface area contributed by atoms with E-state index in [4.69, 9.17) is 4.74 Å². The zero-order chi connectivity index (χ0) is 27.1. The molecule has 0 unspecified atom stereocenters. The van der Waals surface area contributed by atoms with Gasteiger partial charge in [-0.3, -0.25) is 0 Å². The largest absolute Gasteiger partial charge is 0.484 e. The van der Waals surface area contributed by atoms with Gasteiger partial charge in [-0.05, 0) is 77.6 Å². The van der Waals surface area contributed by atoms with Crippen LogP contribution in [0.15, 0.2) is 72.8 Å². The smallest absolute Gasteiger partial charge is 0.422 e. The van der Waals surface area contributed by atoms with E-state index in [9.17, 15) is 17.6 Å². The van der Waals surface area contributed by atoms with Crippen molar-refractivity contribution in [3.63, 3.8) is 0 Å². The summed E-state index contributed by atoms with van der Waals surface area (Å²) in [6.07, 6.45) is 1.97. The Morgan fingerprint density at radius 2 is 1.47 bits per heavy atom. The summed E-state index contributed by atoms with van der Waals surface area (Å²) < 4.78 is 71.8. The maximum atomic E-state index is 15.3. The van der Waals surface area contributed by atoms with Gasteiger partial charge < -0.3 is 4.74 Å². The third-order valence-electron chi connectivity index (χ3n) is 6.71. The first-order valence-electron chi connectivity index (χ1n) is 13.0. The molecule has 4 aromatic carbocycles. The van der Waals surface area contributed by atoms with Gasteiger partial charge in [0.05, 0.1) is 0 Å². The molecule has 0 spiro atoms. The number of aryl methyl sites for hydroxylation is 3. The van der Waals surface area contributed by atoms with Crippen molar-refractivity contribution in [2.75, 3.05) is 6.61 Å². The number of fused-ring (bicyclic) bond motifs is 1. The van der Waals surface area contributed by atoms with Crippen LogP contribution in [0.25, 0.3) is 21.9 Å². The predicted octanol–water partition coefficient (Wildman–Crippen LogP) is 9.63. The Bertz CT molecular complexity index is 1360. The van der Waals surface area contributed by atoms with E-state index < -0.39 is 12.8 Å².